The van der Waals surface area contributed by atoms with Crippen molar-refractivity contribution in [3.63, 3.8) is 0 Å². The zero-order valence-electron chi connectivity index (χ0n) is 18.2. The lowest BCUT2D eigenvalue weighted by atomic mass is 10.0. The summed E-state index contributed by atoms with van der Waals surface area (Å²) in [5, 5.41) is 8.50. The van der Waals surface area contributed by atoms with Crippen LogP contribution in [0, 0.1) is 0 Å². The number of para-hydroxylation sites is 1. The van der Waals surface area contributed by atoms with Gasteiger partial charge in [0.05, 0.1) is 0 Å². The molecule has 0 N–H and O–H groups in total. The number of aromatic nitrogens is 2. The van der Waals surface area contributed by atoms with Crippen molar-refractivity contribution < 1.29 is 9.53 Å². The molecule has 33 heavy (non-hydrogen) atoms. The van der Waals surface area contributed by atoms with Crippen LogP contribution in [0.1, 0.15) is 10.4 Å². The van der Waals surface area contributed by atoms with E-state index in [1.54, 1.807) is 0 Å². The fourth-order valence-electron chi connectivity index (χ4n) is 3.90. The summed E-state index contributed by atoms with van der Waals surface area (Å²) in [6.45, 7) is 2.70. The lowest BCUT2D eigenvalue weighted by Crippen LogP contribution is -2.49. The number of ether oxygens (including phenoxy) is 1. The van der Waals surface area contributed by atoms with Gasteiger partial charge in [-0.1, -0.05) is 60.7 Å². The van der Waals surface area contributed by atoms with E-state index in [4.69, 9.17) is 4.74 Å². The molecular formula is C27H24N4O2. The maximum absolute atomic E-state index is 13.0. The standard InChI is InChI=1S/C27H24N4O2/c32-27(23-13-11-22(12-14-23)21-7-3-1-4-8-21)31-19-17-30(18-20-31)25-15-16-26(29-28-25)33-24-9-5-2-6-10-24/h1-16H,17-20H2. The number of piperazine rings is 1. The molecule has 6 heteroatoms. The number of nitrogens with zero attached hydrogens (tertiary/aromatic N) is 4. The minimum absolute atomic E-state index is 0.0620. The van der Waals surface area contributed by atoms with E-state index in [2.05, 4.69) is 27.2 Å². The van der Waals surface area contributed by atoms with E-state index in [1.807, 2.05) is 89.8 Å². The Kier molecular flexibility index (Phi) is 5.97. The van der Waals surface area contributed by atoms with E-state index >= 15 is 0 Å². The summed E-state index contributed by atoms with van der Waals surface area (Å²) in [5.74, 6) is 2.03. The van der Waals surface area contributed by atoms with Crippen molar-refractivity contribution in [1.82, 2.24) is 15.1 Å². The quantitative estimate of drug-likeness (QED) is 0.445. The average molecular weight is 437 g/mol. The molecule has 0 saturated carbocycles. The fraction of sp³-hybridized carbons (Fsp3) is 0.148. The summed E-state index contributed by atoms with van der Waals surface area (Å²) in [4.78, 5) is 17.0. The summed E-state index contributed by atoms with van der Waals surface area (Å²) in [5.41, 5.74) is 2.96. The molecule has 164 valence electrons. The normalized spacial score (nSPS) is 13.6. The number of hydrogen-bond acceptors (Lipinski definition) is 5. The molecule has 1 amide bonds. The van der Waals surface area contributed by atoms with Gasteiger partial charge in [0.25, 0.3) is 5.91 Å². The van der Waals surface area contributed by atoms with Gasteiger partial charge in [0.1, 0.15) is 5.75 Å². The first kappa shape index (κ1) is 20.7. The molecule has 5 rings (SSSR count). The second kappa shape index (κ2) is 9.53. The molecule has 6 nitrogen and oxygen atoms in total. The largest absolute Gasteiger partial charge is 0.438 e. The predicted molar refractivity (Wildman–Crippen MR) is 129 cm³/mol. The molecule has 1 aliphatic heterocycles. The highest BCUT2D eigenvalue weighted by atomic mass is 16.5. The number of carbonyl (C=O) groups excluding carboxylic acids is 1. The summed E-state index contributed by atoms with van der Waals surface area (Å²) >= 11 is 0. The summed E-state index contributed by atoms with van der Waals surface area (Å²) in [7, 11) is 0. The van der Waals surface area contributed by atoms with Gasteiger partial charge in [-0.05, 0) is 41.5 Å². The van der Waals surface area contributed by atoms with Gasteiger partial charge in [-0.3, -0.25) is 4.79 Å². The topological polar surface area (TPSA) is 58.6 Å². The van der Waals surface area contributed by atoms with E-state index in [-0.39, 0.29) is 5.91 Å². The SMILES string of the molecule is O=C(c1ccc(-c2ccccc2)cc1)N1CCN(c2ccc(Oc3ccccc3)nn2)CC1. The first-order valence-corrected chi connectivity index (χ1v) is 11.0. The number of anilines is 1. The van der Waals surface area contributed by atoms with Gasteiger partial charge < -0.3 is 14.5 Å². The predicted octanol–water partition coefficient (Wildman–Crippen LogP) is 4.90. The van der Waals surface area contributed by atoms with Gasteiger partial charge in [-0.2, -0.15) is 0 Å². The third-order valence-corrected chi connectivity index (χ3v) is 5.72. The molecule has 4 aromatic rings. The van der Waals surface area contributed by atoms with Crippen molar-refractivity contribution in [2.75, 3.05) is 31.1 Å². The lowest BCUT2D eigenvalue weighted by molar-refractivity contribution is 0.0746. The van der Waals surface area contributed by atoms with Crippen molar-refractivity contribution in [1.29, 1.82) is 0 Å². The van der Waals surface area contributed by atoms with Gasteiger partial charge in [0.2, 0.25) is 5.88 Å². The molecule has 0 unspecified atom stereocenters. The first-order chi connectivity index (χ1) is 16.3. The Bertz CT molecular complexity index is 1190. The van der Waals surface area contributed by atoms with Crippen LogP contribution in [-0.2, 0) is 0 Å². The van der Waals surface area contributed by atoms with Crippen LogP contribution in [0.5, 0.6) is 11.6 Å². The first-order valence-electron chi connectivity index (χ1n) is 11.0. The number of hydrogen-bond donors (Lipinski definition) is 0. The van der Waals surface area contributed by atoms with Crippen molar-refractivity contribution in [2.45, 2.75) is 0 Å². The lowest BCUT2D eigenvalue weighted by Gasteiger charge is -2.35. The van der Waals surface area contributed by atoms with E-state index < -0.39 is 0 Å². The van der Waals surface area contributed by atoms with Crippen molar-refractivity contribution in [2.24, 2.45) is 0 Å². The smallest absolute Gasteiger partial charge is 0.253 e. The number of rotatable bonds is 5. The monoisotopic (exact) mass is 436 g/mol. The molecule has 0 aliphatic carbocycles. The third kappa shape index (κ3) is 4.85. The van der Waals surface area contributed by atoms with Crippen molar-refractivity contribution >= 4 is 11.7 Å². The van der Waals surface area contributed by atoms with E-state index in [0.717, 1.165) is 22.7 Å². The van der Waals surface area contributed by atoms with Crippen LogP contribution in [-0.4, -0.2) is 47.2 Å². The number of benzene rings is 3. The van der Waals surface area contributed by atoms with Gasteiger partial charge >= 0.3 is 0 Å². The van der Waals surface area contributed by atoms with Crippen LogP contribution in [0.15, 0.2) is 97.1 Å². The van der Waals surface area contributed by atoms with Crippen molar-refractivity contribution in [3.8, 4) is 22.8 Å². The minimum Gasteiger partial charge on any atom is -0.438 e. The highest BCUT2D eigenvalue weighted by Crippen LogP contribution is 2.22. The maximum atomic E-state index is 13.0. The van der Waals surface area contributed by atoms with Crippen LogP contribution >= 0.6 is 0 Å². The molecular weight excluding hydrogens is 412 g/mol. The van der Waals surface area contributed by atoms with E-state index in [0.29, 0.717) is 37.6 Å². The zero-order chi connectivity index (χ0) is 22.5. The van der Waals surface area contributed by atoms with Gasteiger partial charge in [0.15, 0.2) is 5.82 Å². The molecule has 2 heterocycles. The zero-order valence-corrected chi connectivity index (χ0v) is 18.2. The van der Waals surface area contributed by atoms with Crippen molar-refractivity contribution in [3.05, 3.63) is 103 Å². The molecule has 1 saturated heterocycles. The fourth-order valence-corrected chi connectivity index (χ4v) is 3.90. The van der Waals surface area contributed by atoms with Crippen LogP contribution in [0.2, 0.25) is 0 Å². The van der Waals surface area contributed by atoms with Crippen LogP contribution in [0.25, 0.3) is 11.1 Å². The second-order valence-corrected chi connectivity index (χ2v) is 7.87. The van der Waals surface area contributed by atoms with E-state index in [1.165, 1.54) is 0 Å². The molecule has 1 aliphatic rings. The van der Waals surface area contributed by atoms with Gasteiger partial charge in [-0.25, -0.2) is 0 Å². The Hall–Kier alpha value is -4.19. The molecule has 0 bridgehead atoms. The number of carbonyl (C=O) groups is 1. The molecule has 0 atom stereocenters. The molecule has 1 aromatic heterocycles. The van der Waals surface area contributed by atoms with Crippen LogP contribution in [0.3, 0.4) is 0 Å². The molecule has 0 radical (unpaired) electrons. The van der Waals surface area contributed by atoms with Gasteiger partial charge in [-0.15, -0.1) is 10.2 Å². The minimum atomic E-state index is 0.0620. The Morgan fingerprint density at radius 3 is 1.94 bits per heavy atom. The summed E-state index contributed by atoms with van der Waals surface area (Å²) in [6.07, 6.45) is 0. The Morgan fingerprint density at radius 2 is 1.30 bits per heavy atom. The highest BCUT2D eigenvalue weighted by Gasteiger charge is 2.23. The van der Waals surface area contributed by atoms with Gasteiger partial charge in [0, 0.05) is 37.8 Å². The second-order valence-electron chi connectivity index (χ2n) is 7.87. The maximum Gasteiger partial charge on any atom is 0.253 e. The van der Waals surface area contributed by atoms with Crippen LogP contribution in [0.4, 0.5) is 5.82 Å². The molecule has 0 spiro atoms. The molecule has 1 fully saturated rings. The Labute approximate surface area is 193 Å². The van der Waals surface area contributed by atoms with Crippen LogP contribution < -0.4 is 9.64 Å². The number of amides is 1. The Balaban J connectivity index is 1.17. The third-order valence-electron chi connectivity index (χ3n) is 5.72. The summed E-state index contributed by atoms with van der Waals surface area (Å²) in [6, 6.07) is 31.2. The van der Waals surface area contributed by atoms with E-state index in [9.17, 15) is 4.79 Å². The molecule has 3 aromatic carbocycles. The summed E-state index contributed by atoms with van der Waals surface area (Å²) < 4.78 is 5.71. The Morgan fingerprint density at radius 1 is 0.667 bits per heavy atom. The average Bonchev–Trinajstić information content (AvgIpc) is 2.90. The highest BCUT2D eigenvalue weighted by molar-refractivity contribution is 5.95.